The molecule has 1 atom stereocenters. The van der Waals surface area contributed by atoms with E-state index in [4.69, 9.17) is 9.72 Å². The largest absolute Gasteiger partial charge is 0.492 e. The van der Waals surface area contributed by atoms with Crippen molar-refractivity contribution < 1.29 is 9.53 Å². The summed E-state index contributed by atoms with van der Waals surface area (Å²) in [5.74, 6) is 2.63. The number of anilines is 1. The van der Waals surface area contributed by atoms with Crippen LogP contribution in [0.4, 0.5) is 5.82 Å². The predicted octanol–water partition coefficient (Wildman–Crippen LogP) is 3.04. The lowest BCUT2D eigenvalue weighted by Gasteiger charge is -2.37. The maximum Gasteiger partial charge on any atom is 0.229 e. The van der Waals surface area contributed by atoms with Gasteiger partial charge in [-0.15, -0.1) is 0 Å². The molecular formula is C24H24N4O2. The summed E-state index contributed by atoms with van der Waals surface area (Å²) in [6, 6.07) is 19.9. The number of ether oxygens (including phenoxy) is 1. The van der Waals surface area contributed by atoms with Gasteiger partial charge in [0.1, 0.15) is 18.2 Å². The maximum absolute atomic E-state index is 13.0. The van der Waals surface area contributed by atoms with E-state index in [9.17, 15) is 4.79 Å². The van der Waals surface area contributed by atoms with Crippen LogP contribution >= 0.6 is 0 Å². The first kappa shape index (κ1) is 18.6. The fraction of sp³-hybridized carbons (Fsp3) is 0.292. The van der Waals surface area contributed by atoms with Gasteiger partial charge in [0.05, 0.1) is 5.92 Å². The molecule has 0 radical (unpaired) electrons. The topological polar surface area (TPSA) is 58.6 Å². The van der Waals surface area contributed by atoms with Gasteiger partial charge in [-0.1, -0.05) is 48.5 Å². The van der Waals surface area contributed by atoms with Gasteiger partial charge in [0.2, 0.25) is 5.91 Å². The molecule has 3 aromatic rings. The van der Waals surface area contributed by atoms with E-state index in [1.165, 1.54) is 0 Å². The minimum atomic E-state index is -0.102. The second-order valence-electron chi connectivity index (χ2n) is 7.74. The van der Waals surface area contributed by atoms with E-state index in [2.05, 4.69) is 9.88 Å². The zero-order chi connectivity index (χ0) is 20.3. The number of carbonyl (C=O) groups excluding carboxylic acids is 1. The molecule has 152 valence electrons. The van der Waals surface area contributed by atoms with Crippen LogP contribution in [-0.2, 0) is 11.2 Å². The van der Waals surface area contributed by atoms with Crippen LogP contribution in [-0.4, -0.2) is 53.6 Å². The molecule has 5 rings (SSSR count). The fourth-order valence-corrected chi connectivity index (χ4v) is 4.15. The number of fused-ring (bicyclic) bond motifs is 1. The number of hydrogen-bond acceptors (Lipinski definition) is 5. The Hall–Kier alpha value is -3.41. The first-order chi connectivity index (χ1) is 14.8. The molecule has 0 spiro atoms. The van der Waals surface area contributed by atoms with E-state index in [0.717, 1.165) is 48.0 Å². The van der Waals surface area contributed by atoms with Crippen LogP contribution in [0.1, 0.15) is 5.56 Å². The molecule has 1 fully saturated rings. The van der Waals surface area contributed by atoms with Crippen molar-refractivity contribution in [3.63, 3.8) is 0 Å². The van der Waals surface area contributed by atoms with Gasteiger partial charge in [-0.2, -0.15) is 0 Å². The Labute approximate surface area is 176 Å². The number of carbonyl (C=O) groups is 1. The van der Waals surface area contributed by atoms with Crippen molar-refractivity contribution in [1.29, 1.82) is 0 Å². The Bertz CT molecular complexity index is 1030. The van der Waals surface area contributed by atoms with Gasteiger partial charge in [0.25, 0.3) is 0 Å². The van der Waals surface area contributed by atoms with Crippen molar-refractivity contribution in [3.8, 4) is 17.1 Å². The van der Waals surface area contributed by atoms with Gasteiger partial charge in [-0.25, -0.2) is 9.97 Å². The van der Waals surface area contributed by atoms with Crippen LogP contribution in [0.15, 0.2) is 66.9 Å². The van der Waals surface area contributed by atoms with E-state index >= 15 is 0 Å². The molecule has 2 aromatic carbocycles. The summed E-state index contributed by atoms with van der Waals surface area (Å²) in [5.41, 5.74) is 2.13. The smallest absolute Gasteiger partial charge is 0.229 e. The van der Waals surface area contributed by atoms with Gasteiger partial charge >= 0.3 is 0 Å². The van der Waals surface area contributed by atoms with Crippen molar-refractivity contribution in [2.45, 2.75) is 6.42 Å². The average molecular weight is 400 g/mol. The highest BCUT2D eigenvalue weighted by Gasteiger charge is 2.31. The normalized spacial score (nSPS) is 18.5. The summed E-state index contributed by atoms with van der Waals surface area (Å²) in [4.78, 5) is 26.4. The second kappa shape index (κ2) is 8.14. The van der Waals surface area contributed by atoms with Gasteiger partial charge in [0.15, 0.2) is 5.82 Å². The number of amides is 1. The third-order valence-corrected chi connectivity index (χ3v) is 5.82. The minimum absolute atomic E-state index is 0.102. The quantitative estimate of drug-likeness (QED) is 0.676. The third kappa shape index (κ3) is 3.73. The van der Waals surface area contributed by atoms with Crippen molar-refractivity contribution >= 4 is 11.7 Å². The van der Waals surface area contributed by atoms with Crippen molar-refractivity contribution in [2.24, 2.45) is 5.92 Å². The van der Waals surface area contributed by atoms with Crippen molar-refractivity contribution in [3.05, 3.63) is 72.4 Å². The monoisotopic (exact) mass is 400 g/mol. The molecule has 1 amide bonds. The SMILES string of the molecule is O=C(C1COc2ccccc2C1)N1CCN(c2ccnc(-c3ccccc3)n2)CC1. The van der Waals surface area contributed by atoms with Gasteiger partial charge in [-0.05, 0) is 24.1 Å². The highest BCUT2D eigenvalue weighted by molar-refractivity contribution is 5.80. The summed E-state index contributed by atoms with van der Waals surface area (Å²) in [5, 5.41) is 0. The van der Waals surface area contributed by atoms with Crippen LogP contribution in [0.25, 0.3) is 11.4 Å². The fourth-order valence-electron chi connectivity index (χ4n) is 4.15. The standard InChI is InChI=1S/C24H24N4O2/c29-24(20-16-19-8-4-5-9-21(19)30-17-20)28-14-12-27(13-15-28)22-10-11-25-23(26-22)18-6-2-1-3-7-18/h1-11,20H,12-17H2. The average Bonchev–Trinajstić information content (AvgIpc) is 2.84. The van der Waals surface area contributed by atoms with Gasteiger partial charge < -0.3 is 14.5 Å². The summed E-state index contributed by atoms with van der Waals surface area (Å²) < 4.78 is 5.82. The molecule has 1 unspecified atom stereocenters. The molecule has 0 aliphatic carbocycles. The minimum Gasteiger partial charge on any atom is -0.492 e. The maximum atomic E-state index is 13.0. The number of benzene rings is 2. The molecule has 6 heteroatoms. The number of nitrogens with zero attached hydrogens (tertiary/aromatic N) is 4. The number of piperazine rings is 1. The Morgan fingerprint density at radius 1 is 0.933 bits per heavy atom. The van der Waals surface area contributed by atoms with Gasteiger partial charge in [0, 0.05) is 37.9 Å². The highest BCUT2D eigenvalue weighted by Crippen LogP contribution is 2.28. The molecule has 2 aliphatic rings. The van der Waals surface area contributed by atoms with E-state index in [1.807, 2.05) is 65.6 Å². The van der Waals surface area contributed by atoms with E-state index in [1.54, 1.807) is 6.20 Å². The third-order valence-electron chi connectivity index (χ3n) is 5.82. The van der Waals surface area contributed by atoms with E-state index < -0.39 is 0 Å². The number of aromatic nitrogens is 2. The zero-order valence-electron chi connectivity index (χ0n) is 16.8. The Kier molecular flexibility index (Phi) is 5.05. The van der Waals surface area contributed by atoms with Crippen LogP contribution in [0.2, 0.25) is 0 Å². The van der Waals surface area contributed by atoms with Crippen LogP contribution < -0.4 is 9.64 Å². The molecule has 1 aromatic heterocycles. The Morgan fingerprint density at radius 3 is 2.53 bits per heavy atom. The summed E-state index contributed by atoms with van der Waals surface area (Å²) >= 11 is 0. The highest BCUT2D eigenvalue weighted by atomic mass is 16.5. The summed E-state index contributed by atoms with van der Waals surface area (Å²) in [6.07, 6.45) is 2.56. The van der Waals surface area contributed by atoms with E-state index in [0.29, 0.717) is 19.7 Å². The lowest BCUT2D eigenvalue weighted by atomic mass is 9.95. The van der Waals surface area contributed by atoms with E-state index in [-0.39, 0.29) is 11.8 Å². The van der Waals surface area contributed by atoms with Crippen LogP contribution in [0, 0.1) is 5.92 Å². The number of para-hydroxylation sites is 1. The molecule has 6 nitrogen and oxygen atoms in total. The van der Waals surface area contributed by atoms with Gasteiger partial charge in [-0.3, -0.25) is 4.79 Å². The van der Waals surface area contributed by atoms with Crippen LogP contribution in [0.3, 0.4) is 0 Å². The Morgan fingerprint density at radius 2 is 1.70 bits per heavy atom. The molecule has 30 heavy (non-hydrogen) atoms. The number of rotatable bonds is 3. The van der Waals surface area contributed by atoms with Crippen LogP contribution in [0.5, 0.6) is 5.75 Å². The zero-order valence-corrected chi connectivity index (χ0v) is 16.8. The molecule has 1 saturated heterocycles. The molecule has 0 saturated carbocycles. The first-order valence-electron chi connectivity index (χ1n) is 10.4. The molecule has 2 aliphatic heterocycles. The lowest BCUT2D eigenvalue weighted by molar-refractivity contribution is -0.137. The Balaban J connectivity index is 1.22. The molecule has 3 heterocycles. The second-order valence-corrected chi connectivity index (χ2v) is 7.74. The lowest BCUT2D eigenvalue weighted by Crippen LogP contribution is -2.51. The number of hydrogen-bond donors (Lipinski definition) is 0. The summed E-state index contributed by atoms with van der Waals surface area (Å²) in [7, 11) is 0. The molecular weight excluding hydrogens is 376 g/mol. The van der Waals surface area contributed by atoms with Crippen molar-refractivity contribution in [2.75, 3.05) is 37.7 Å². The van der Waals surface area contributed by atoms with Crippen molar-refractivity contribution in [1.82, 2.24) is 14.9 Å². The first-order valence-corrected chi connectivity index (χ1v) is 10.4. The predicted molar refractivity (Wildman–Crippen MR) is 115 cm³/mol. The molecule has 0 N–H and O–H groups in total. The summed E-state index contributed by atoms with van der Waals surface area (Å²) in [6.45, 7) is 3.38. The molecule has 0 bridgehead atoms.